The first-order valence-electron chi connectivity index (χ1n) is 10.5. The maximum absolute atomic E-state index is 12.6. The lowest BCUT2D eigenvalue weighted by molar-refractivity contribution is -0.147. The zero-order chi connectivity index (χ0) is 22.8. The summed E-state index contributed by atoms with van der Waals surface area (Å²) in [6, 6.07) is 24.9. The van der Waals surface area contributed by atoms with Gasteiger partial charge in [-0.1, -0.05) is 67.6 Å². The number of esters is 1. The van der Waals surface area contributed by atoms with Gasteiger partial charge in [-0.2, -0.15) is 0 Å². The predicted octanol–water partition coefficient (Wildman–Crippen LogP) is 4.29. The topological polar surface area (TPSA) is 84.5 Å². The van der Waals surface area contributed by atoms with Crippen LogP contribution in [0.3, 0.4) is 0 Å². The number of hydrogen-bond acceptors (Lipinski definition) is 4. The van der Waals surface area contributed by atoms with E-state index in [9.17, 15) is 14.4 Å². The molecule has 1 unspecified atom stereocenters. The molecule has 0 saturated heterocycles. The van der Waals surface area contributed by atoms with Gasteiger partial charge in [0.25, 0.3) is 11.8 Å². The quantitative estimate of drug-likeness (QED) is 0.496. The molecule has 0 aliphatic rings. The minimum Gasteiger partial charge on any atom is -0.455 e. The minimum atomic E-state index is -0.583. The second-order valence-electron chi connectivity index (χ2n) is 7.27. The van der Waals surface area contributed by atoms with E-state index in [0.717, 1.165) is 17.5 Å². The average molecular weight is 431 g/mol. The van der Waals surface area contributed by atoms with E-state index in [2.05, 4.69) is 10.6 Å². The van der Waals surface area contributed by atoms with Crippen molar-refractivity contribution in [3.8, 4) is 0 Å². The van der Waals surface area contributed by atoms with Crippen LogP contribution in [0, 0.1) is 0 Å². The molecular weight excluding hydrogens is 404 g/mol. The maximum Gasteiger partial charge on any atom is 0.308 e. The van der Waals surface area contributed by atoms with Gasteiger partial charge in [-0.15, -0.1) is 0 Å². The summed E-state index contributed by atoms with van der Waals surface area (Å²) in [5.74, 6) is -1.29. The van der Waals surface area contributed by atoms with Crippen molar-refractivity contribution >= 4 is 23.5 Å². The Kier molecular flexibility index (Phi) is 8.15. The van der Waals surface area contributed by atoms with Crippen LogP contribution in [0.15, 0.2) is 84.9 Å². The Labute approximate surface area is 187 Å². The van der Waals surface area contributed by atoms with Crippen molar-refractivity contribution in [2.45, 2.75) is 25.8 Å². The van der Waals surface area contributed by atoms with Crippen LogP contribution in [-0.4, -0.2) is 24.4 Å². The van der Waals surface area contributed by atoms with Crippen molar-refractivity contribution in [3.05, 3.63) is 102 Å². The van der Waals surface area contributed by atoms with Gasteiger partial charge < -0.3 is 15.4 Å². The second-order valence-corrected chi connectivity index (χ2v) is 7.27. The van der Waals surface area contributed by atoms with E-state index in [-0.39, 0.29) is 12.3 Å². The molecule has 0 radical (unpaired) electrons. The molecule has 0 spiro atoms. The van der Waals surface area contributed by atoms with Crippen molar-refractivity contribution in [2.75, 3.05) is 11.9 Å². The fourth-order valence-corrected chi connectivity index (χ4v) is 3.21. The lowest BCUT2D eigenvalue weighted by Crippen LogP contribution is -2.31. The number of anilines is 1. The van der Waals surface area contributed by atoms with Crippen molar-refractivity contribution in [1.29, 1.82) is 0 Å². The molecule has 1 atom stereocenters. The summed E-state index contributed by atoms with van der Waals surface area (Å²) in [5.41, 5.74) is 3.02. The third-order valence-corrected chi connectivity index (χ3v) is 4.90. The molecule has 0 aromatic heterocycles. The third kappa shape index (κ3) is 6.80. The molecule has 3 aromatic rings. The Balaban J connectivity index is 1.58. The standard InChI is InChI=1S/C26H26N2O4/c1-2-19-10-9-15-22(16-19)27-24(29)18-32-25(30)17-23(20-11-5-3-6-12-20)28-26(31)21-13-7-4-8-14-21/h3-16,23H,2,17-18H2,1H3,(H,27,29)(H,28,31). The van der Waals surface area contributed by atoms with Crippen LogP contribution in [0.5, 0.6) is 0 Å². The van der Waals surface area contributed by atoms with E-state index in [1.807, 2.05) is 61.5 Å². The van der Waals surface area contributed by atoms with Gasteiger partial charge in [-0.3, -0.25) is 14.4 Å². The van der Waals surface area contributed by atoms with E-state index in [4.69, 9.17) is 4.74 Å². The monoisotopic (exact) mass is 430 g/mol. The largest absolute Gasteiger partial charge is 0.455 e. The van der Waals surface area contributed by atoms with Gasteiger partial charge in [0.1, 0.15) is 0 Å². The number of benzene rings is 3. The van der Waals surface area contributed by atoms with Gasteiger partial charge in [0.15, 0.2) is 6.61 Å². The number of carbonyl (C=O) groups is 3. The molecule has 6 heteroatoms. The van der Waals surface area contributed by atoms with Crippen LogP contribution in [-0.2, 0) is 20.7 Å². The predicted molar refractivity (Wildman–Crippen MR) is 123 cm³/mol. The molecule has 0 bridgehead atoms. The van der Waals surface area contributed by atoms with Crippen LogP contribution in [0.2, 0.25) is 0 Å². The normalized spacial score (nSPS) is 11.3. The van der Waals surface area contributed by atoms with Crippen LogP contribution in [0.4, 0.5) is 5.69 Å². The Morgan fingerprint density at radius 1 is 0.875 bits per heavy atom. The van der Waals surface area contributed by atoms with Gasteiger partial charge in [-0.05, 0) is 41.8 Å². The summed E-state index contributed by atoms with van der Waals surface area (Å²) in [6.07, 6.45) is 0.759. The molecule has 0 fully saturated rings. The lowest BCUT2D eigenvalue weighted by Gasteiger charge is -2.19. The van der Waals surface area contributed by atoms with E-state index >= 15 is 0 Å². The summed E-state index contributed by atoms with van der Waals surface area (Å²) < 4.78 is 5.17. The molecule has 0 aliphatic heterocycles. The molecule has 3 rings (SSSR count). The zero-order valence-corrected chi connectivity index (χ0v) is 17.9. The zero-order valence-electron chi connectivity index (χ0n) is 17.9. The molecule has 6 nitrogen and oxygen atoms in total. The molecular formula is C26H26N2O4. The number of ether oxygens (including phenoxy) is 1. The van der Waals surface area contributed by atoms with E-state index in [1.165, 1.54) is 0 Å². The molecule has 164 valence electrons. The number of rotatable bonds is 9. The van der Waals surface area contributed by atoms with Gasteiger partial charge in [0.2, 0.25) is 0 Å². The Morgan fingerprint density at radius 3 is 2.25 bits per heavy atom. The first-order valence-corrected chi connectivity index (χ1v) is 10.5. The van der Waals surface area contributed by atoms with E-state index in [1.54, 1.807) is 30.3 Å². The molecule has 2 N–H and O–H groups in total. The summed E-state index contributed by atoms with van der Waals surface area (Å²) in [6.45, 7) is 1.63. The number of amides is 2. The SMILES string of the molecule is CCc1cccc(NC(=O)COC(=O)CC(NC(=O)c2ccccc2)c2ccccc2)c1. The van der Waals surface area contributed by atoms with Crippen LogP contribution >= 0.6 is 0 Å². The average Bonchev–Trinajstić information content (AvgIpc) is 2.83. The minimum absolute atomic E-state index is 0.0960. The van der Waals surface area contributed by atoms with Crippen molar-refractivity contribution in [1.82, 2.24) is 5.32 Å². The number of aryl methyl sites for hydroxylation is 1. The Bertz CT molecular complexity index is 1050. The number of carbonyl (C=O) groups excluding carboxylic acids is 3. The molecule has 0 heterocycles. The first-order chi connectivity index (χ1) is 15.5. The van der Waals surface area contributed by atoms with Gasteiger partial charge >= 0.3 is 5.97 Å². The Hall–Kier alpha value is -3.93. The van der Waals surface area contributed by atoms with Gasteiger partial charge in [-0.25, -0.2) is 0 Å². The van der Waals surface area contributed by atoms with Gasteiger partial charge in [0.05, 0.1) is 12.5 Å². The fraction of sp³-hybridized carbons (Fsp3) is 0.192. The van der Waals surface area contributed by atoms with Crippen LogP contribution < -0.4 is 10.6 Å². The number of hydrogen-bond donors (Lipinski definition) is 2. The molecule has 2 amide bonds. The van der Waals surface area contributed by atoms with Crippen LogP contribution in [0.1, 0.15) is 40.9 Å². The van der Waals surface area contributed by atoms with E-state index < -0.39 is 24.5 Å². The molecule has 32 heavy (non-hydrogen) atoms. The summed E-state index contributed by atoms with van der Waals surface area (Å²) in [7, 11) is 0. The first kappa shape index (κ1) is 22.7. The molecule has 0 saturated carbocycles. The third-order valence-electron chi connectivity index (χ3n) is 4.90. The smallest absolute Gasteiger partial charge is 0.308 e. The van der Waals surface area contributed by atoms with Crippen molar-refractivity contribution < 1.29 is 19.1 Å². The Morgan fingerprint density at radius 2 is 1.56 bits per heavy atom. The summed E-state index contributed by atoms with van der Waals surface area (Å²) >= 11 is 0. The summed E-state index contributed by atoms with van der Waals surface area (Å²) in [5, 5.41) is 5.61. The van der Waals surface area contributed by atoms with Gasteiger partial charge in [0, 0.05) is 11.3 Å². The molecule has 3 aromatic carbocycles. The highest BCUT2D eigenvalue weighted by atomic mass is 16.5. The second kappa shape index (κ2) is 11.5. The highest BCUT2D eigenvalue weighted by Gasteiger charge is 2.20. The van der Waals surface area contributed by atoms with Crippen LogP contribution in [0.25, 0.3) is 0 Å². The van der Waals surface area contributed by atoms with Crippen molar-refractivity contribution in [3.63, 3.8) is 0 Å². The summed E-state index contributed by atoms with van der Waals surface area (Å²) in [4.78, 5) is 37.2. The van der Waals surface area contributed by atoms with E-state index in [0.29, 0.717) is 11.3 Å². The number of nitrogens with one attached hydrogen (secondary N) is 2. The highest BCUT2D eigenvalue weighted by Crippen LogP contribution is 2.18. The van der Waals surface area contributed by atoms with Crippen molar-refractivity contribution in [2.24, 2.45) is 0 Å². The maximum atomic E-state index is 12.6. The fourth-order valence-electron chi connectivity index (χ4n) is 3.21. The lowest BCUT2D eigenvalue weighted by atomic mass is 10.0. The molecule has 0 aliphatic carbocycles. The highest BCUT2D eigenvalue weighted by molar-refractivity contribution is 5.95.